The summed E-state index contributed by atoms with van der Waals surface area (Å²) in [6.07, 6.45) is -3.29. The van der Waals surface area contributed by atoms with Gasteiger partial charge in [-0.25, -0.2) is 0 Å². The average Bonchev–Trinajstić information content (AvgIpc) is 2.71. The third kappa shape index (κ3) is 5.75. The van der Waals surface area contributed by atoms with Gasteiger partial charge in [0.2, 0.25) is 0 Å². The number of alkyl halides is 3. The number of hydrazine groups is 1. The first-order valence-electron chi connectivity index (χ1n) is 8.60. The smallest absolute Gasteiger partial charge is 0.418 e. The Morgan fingerprint density at radius 3 is 2.43 bits per heavy atom. The maximum atomic E-state index is 12.9. The van der Waals surface area contributed by atoms with E-state index in [0.717, 1.165) is 17.6 Å². The summed E-state index contributed by atoms with van der Waals surface area (Å²) in [4.78, 5) is 11.9. The van der Waals surface area contributed by atoms with Crippen LogP contribution >= 0.6 is 23.5 Å². The van der Waals surface area contributed by atoms with E-state index in [1.165, 1.54) is 30.2 Å². The van der Waals surface area contributed by atoms with Crippen LogP contribution in [0.1, 0.15) is 22.1 Å². The number of benzene rings is 2. The Morgan fingerprint density at radius 1 is 1.07 bits per heavy atom. The second kappa shape index (κ2) is 9.47. The lowest BCUT2D eigenvalue weighted by molar-refractivity contribution is -0.137. The molecular formula is C19H19F3N2O2S2. The highest BCUT2D eigenvalue weighted by molar-refractivity contribution is 8.16. The highest BCUT2D eigenvalue weighted by atomic mass is 32.2. The van der Waals surface area contributed by atoms with Crippen molar-refractivity contribution in [3.8, 4) is 5.75 Å². The van der Waals surface area contributed by atoms with Crippen LogP contribution in [0.4, 0.5) is 18.9 Å². The van der Waals surface area contributed by atoms with Crippen LogP contribution in [0.2, 0.25) is 0 Å². The van der Waals surface area contributed by atoms with Crippen LogP contribution in [0.15, 0.2) is 48.5 Å². The average molecular weight is 429 g/mol. The molecule has 1 aliphatic heterocycles. The molecule has 0 spiro atoms. The van der Waals surface area contributed by atoms with Gasteiger partial charge < -0.3 is 4.74 Å². The van der Waals surface area contributed by atoms with Gasteiger partial charge in [0.05, 0.1) is 15.8 Å². The molecule has 4 nitrogen and oxygen atoms in total. The third-order valence-corrected chi connectivity index (χ3v) is 6.93. The number of halogens is 3. The highest BCUT2D eigenvalue weighted by Crippen LogP contribution is 2.43. The number of amides is 1. The zero-order valence-corrected chi connectivity index (χ0v) is 16.4. The number of rotatable bonds is 6. The summed E-state index contributed by atoms with van der Waals surface area (Å²) in [5.74, 6) is 2.25. The molecule has 2 aromatic rings. The number of thioether (sulfide) groups is 2. The molecule has 1 heterocycles. The second-order valence-corrected chi connectivity index (χ2v) is 8.73. The van der Waals surface area contributed by atoms with Crippen LogP contribution in [0, 0.1) is 0 Å². The lowest BCUT2D eigenvalue weighted by Gasteiger charge is -2.21. The van der Waals surface area contributed by atoms with E-state index in [1.807, 2.05) is 35.7 Å². The standard InChI is InChI=1S/C19H19F3N2O2S2/c20-19(21,22)15-4-1-2-5-16(15)23-24-17(25)12-26-14-8-6-13(7-9-14)18-27-10-3-11-28-18/h1-2,4-9,18,23H,3,10-12H2,(H,24,25). The Morgan fingerprint density at radius 2 is 1.75 bits per heavy atom. The maximum absolute atomic E-state index is 12.9. The molecule has 2 aromatic carbocycles. The first-order valence-corrected chi connectivity index (χ1v) is 10.7. The molecule has 2 N–H and O–H groups in total. The zero-order chi connectivity index (χ0) is 20.0. The fourth-order valence-electron chi connectivity index (χ4n) is 2.56. The van der Waals surface area contributed by atoms with Crippen molar-refractivity contribution in [2.75, 3.05) is 23.5 Å². The summed E-state index contributed by atoms with van der Waals surface area (Å²) in [5, 5.41) is 0. The minimum absolute atomic E-state index is 0.227. The molecule has 1 fully saturated rings. The zero-order valence-electron chi connectivity index (χ0n) is 14.8. The Labute approximate surface area is 169 Å². The number of para-hydroxylation sites is 1. The molecule has 0 bridgehead atoms. The molecule has 0 atom stereocenters. The molecule has 3 rings (SSSR count). The molecule has 9 heteroatoms. The number of hydrogen-bond donors (Lipinski definition) is 2. The number of ether oxygens (including phenoxy) is 1. The van der Waals surface area contributed by atoms with Crippen LogP contribution in [-0.4, -0.2) is 24.0 Å². The fraction of sp³-hybridized carbons (Fsp3) is 0.316. The Kier molecular flexibility index (Phi) is 7.01. The van der Waals surface area contributed by atoms with Crippen molar-refractivity contribution in [2.45, 2.75) is 17.2 Å². The van der Waals surface area contributed by atoms with Crippen molar-refractivity contribution in [1.82, 2.24) is 5.43 Å². The quantitative estimate of drug-likeness (QED) is 0.628. The van der Waals surface area contributed by atoms with Gasteiger partial charge in [-0.1, -0.05) is 24.3 Å². The van der Waals surface area contributed by atoms with Crippen molar-refractivity contribution < 1.29 is 22.7 Å². The number of anilines is 1. The maximum Gasteiger partial charge on any atom is 0.418 e. The summed E-state index contributed by atoms with van der Waals surface area (Å²) in [5.41, 5.74) is 4.65. The van der Waals surface area contributed by atoms with E-state index in [1.54, 1.807) is 12.1 Å². The lowest BCUT2D eigenvalue weighted by atomic mass is 10.2. The highest BCUT2D eigenvalue weighted by Gasteiger charge is 2.33. The molecule has 0 radical (unpaired) electrons. The molecule has 150 valence electrons. The van der Waals surface area contributed by atoms with Crippen LogP contribution < -0.4 is 15.6 Å². The van der Waals surface area contributed by atoms with Crippen molar-refractivity contribution in [3.05, 3.63) is 59.7 Å². The fourth-order valence-corrected chi connectivity index (χ4v) is 5.46. The molecule has 0 aliphatic carbocycles. The van der Waals surface area contributed by atoms with Gasteiger partial charge in [-0.05, 0) is 47.8 Å². The van der Waals surface area contributed by atoms with E-state index in [4.69, 9.17) is 4.74 Å². The SMILES string of the molecule is O=C(COc1ccc(C2SCCCS2)cc1)NNc1ccccc1C(F)(F)F. The van der Waals surface area contributed by atoms with Gasteiger partial charge in [0.15, 0.2) is 6.61 Å². The van der Waals surface area contributed by atoms with Crippen LogP contribution in [0.5, 0.6) is 5.75 Å². The van der Waals surface area contributed by atoms with Gasteiger partial charge in [0.1, 0.15) is 5.75 Å². The van der Waals surface area contributed by atoms with Gasteiger partial charge >= 0.3 is 6.18 Å². The summed E-state index contributed by atoms with van der Waals surface area (Å²) >= 11 is 3.83. The Bertz CT molecular complexity index is 795. The minimum Gasteiger partial charge on any atom is -0.484 e. The first kappa shape index (κ1) is 20.7. The number of nitrogens with one attached hydrogen (secondary N) is 2. The van der Waals surface area contributed by atoms with Crippen molar-refractivity contribution >= 4 is 35.1 Å². The topological polar surface area (TPSA) is 50.4 Å². The van der Waals surface area contributed by atoms with Crippen molar-refractivity contribution in [1.29, 1.82) is 0 Å². The number of carbonyl (C=O) groups excluding carboxylic acids is 1. The van der Waals surface area contributed by atoms with Gasteiger partial charge in [-0.15, -0.1) is 23.5 Å². The summed E-state index contributed by atoms with van der Waals surface area (Å²) in [7, 11) is 0. The van der Waals surface area contributed by atoms with E-state index in [-0.39, 0.29) is 12.3 Å². The number of carbonyl (C=O) groups is 1. The second-order valence-electron chi connectivity index (χ2n) is 6.00. The Hall–Kier alpha value is -2.00. The largest absolute Gasteiger partial charge is 0.484 e. The predicted molar refractivity (Wildman–Crippen MR) is 107 cm³/mol. The molecule has 28 heavy (non-hydrogen) atoms. The van der Waals surface area contributed by atoms with Crippen LogP contribution in [-0.2, 0) is 11.0 Å². The normalized spacial score (nSPS) is 15.1. The van der Waals surface area contributed by atoms with E-state index in [2.05, 4.69) is 10.9 Å². The van der Waals surface area contributed by atoms with Crippen LogP contribution in [0.25, 0.3) is 0 Å². The monoisotopic (exact) mass is 428 g/mol. The summed E-state index contributed by atoms with van der Waals surface area (Å²) in [6, 6.07) is 12.5. The van der Waals surface area contributed by atoms with Gasteiger partial charge in [-0.3, -0.25) is 15.6 Å². The predicted octanol–water partition coefficient (Wildman–Crippen LogP) is 5.10. The van der Waals surface area contributed by atoms with Crippen LogP contribution in [0.3, 0.4) is 0 Å². The van der Waals surface area contributed by atoms with E-state index in [9.17, 15) is 18.0 Å². The van der Waals surface area contributed by atoms with Gasteiger partial charge in [-0.2, -0.15) is 13.2 Å². The first-order chi connectivity index (χ1) is 13.4. The number of hydrogen-bond acceptors (Lipinski definition) is 5. The molecule has 1 saturated heterocycles. The van der Waals surface area contributed by atoms with Crippen molar-refractivity contribution in [3.63, 3.8) is 0 Å². The van der Waals surface area contributed by atoms with E-state index < -0.39 is 17.6 Å². The molecular weight excluding hydrogens is 409 g/mol. The Balaban J connectivity index is 1.48. The molecule has 0 unspecified atom stereocenters. The van der Waals surface area contributed by atoms with E-state index in [0.29, 0.717) is 10.3 Å². The molecule has 1 aliphatic rings. The minimum atomic E-state index is -4.51. The summed E-state index contributed by atoms with van der Waals surface area (Å²) in [6.45, 7) is -0.312. The van der Waals surface area contributed by atoms with E-state index >= 15 is 0 Å². The molecule has 0 aromatic heterocycles. The molecule has 1 amide bonds. The summed E-state index contributed by atoms with van der Waals surface area (Å²) < 4.78 is 44.6. The lowest BCUT2D eigenvalue weighted by Crippen LogP contribution is -2.34. The van der Waals surface area contributed by atoms with Gasteiger partial charge in [0, 0.05) is 0 Å². The third-order valence-electron chi connectivity index (χ3n) is 3.92. The molecule has 0 saturated carbocycles. The van der Waals surface area contributed by atoms with Gasteiger partial charge in [0.25, 0.3) is 5.91 Å². The van der Waals surface area contributed by atoms with Crippen molar-refractivity contribution in [2.24, 2.45) is 0 Å².